The van der Waals surface area contributed by atoms with Crippen molar-refractivity contribution in [3.63, 3.8) is 0 Å². The highest BCUT2D eigenvalue weighted by Gasteiger charge is 2.20. The average Bonchev–Trinajstić information content (AvgIpc) is 1.81. The molecule has 13 heavy (non-hydrogen) atoms. The van der Waals surface area contributed by atoms with E-state index in [0.717, 1.165) is 0 Å². The van der Waals surface area contributed by atoms with Gasteiger partial charge in [0.05, 0.1) is 0 Å². The first-order valence-electron chi connectivity index (χ1n) is 3.36. The van der Waals surface area contributed by atoms with Crippen LogP contribution in [0.3, 0.4) is 0 Å². The number of nitrogens with zero attached hydrogens (tertiary/aromatic N) is 2. The summed E-state index contributed by atoms with van der Waals surface area (Å²) in [6.45, 7) is 0. The predicted octanol–water partition coefficient (Wildman–Crippen LogP) is 1.34. The van der Waals surface area contributed by atoms with E-state index in [1.54, 1.807) is 9.80 Å². The molecule has 0 spiro atoms. The Morgan fingerprint density at radius 3 is 1.08 bits per heavy atom. The third-order valence-corrected chi connectivity index (χ3v) is 0.847. The van der Waals surface area contributed by atoms with Crippen molar-refractivity contribution in [1.82, 2.24) is 9.80 Å². The zero-order chi connectivity index (χ0) is 11.2. The molecule has 0 saturated carbocycles. The molecule has 0 aromatic rings. The number of guanidine groups is 1. The third kappa shape index (κ3) is 18.2. The molecule has 0 aromatic carbocycles. The molecule has 8 heteroatoms. The van der Waals surface area contributed by atoms with Crippen molar-refractivity contribution in [2.75, 3.05) is 28.2 Å². The van der Waals surface area contributed by atoms with E-state index in [1.807, 2.05) is 28.2 Å². The predicted molar refractivity (Wildman–Crippen MR) is 45.3 cm³/mol. The van der Waals surface area contributed by atoms with Gasteiger partial charge in [-0.1, -0.05) is 0 Å². The maximum Gasteiger partial charge on any atom is 0.673 e. The zero-order valence-electron chi connectivity index (χ0n) is 7.98. The minimum atomic E-state index is -6.00. The molecule has 0 atom stereocenters. The van der Waals surface area contributed by atoms with Crippen LogP contribution in [0.25, 0.3) is 0 Å². The second kappa shape index (κ2) is 5.66. The summed E-state index contributed by atoms with van der Waals surface area (Å²) in [5, 5.41) is 7.25. The van der Waals surface area contributed by atoms with E-state index >= 15 is 0 Å². The summed E-state index contributed by atoms with van der Waals surface area (Å²) in [5.41, 5.74) is 0. The van der Waals surface area contributed by atoms with E-state index in [-0.39, 0.29) is 0 Å². The molecule has 0 unspecified atom stereocenters. The Kier molecular flexibility index (Phi) is 6.34. The lowest BCUT2D eigenvalue weighted by Gasteiger charge is -2.19. The topological polar surface area (TPSA) is 30.3 Å². The summed E-state index contributed by atoms with van der Waals surface area (Å²) < 4.78 is 39.0. The highest BCUT2D eigenvalue weighted by atomic mass is 19.5. The summed E-state index contributed by atoms with van der Waals surface area (Å²) in [7, 11) is 1.40. The van der Waals surface area contributed by atoms with Gasteiger partial charge in [0.1, 0.15) is 0 Å². The summed E-state index contributed by atoms with van der Waals surface area (Å²) in [4.78, 5) is 3.50. The molecule has 0 fully saturated rings. The van der Waals surface area contributed by atoms with Crippen LogP contribution in [0.5, 0.6) is 0 Å². The Hall–Kier alpha value is -0.945. The van der Waals surface area contributed by atoms with Crippen LogP contribution in [0.4, 0.5) is 17.3 Å². The van der Waals surface area contributed by atoms with Crippen LogP contribution in [-0.4, -0.2) is 51.2 Å². The summed E-state index contributed by atoms with van der Waals surface area (Å²) >= 11 is 0. The fourth-order valence-electron chi connectivity index (χ4n) is 0.400. The summed E-state index contributed by atoms with van der Waals surface area (Å²) in [5.74, 6) is 0.519. The molecule has 0 aliphatic heterocycles. The minimum absolute atomic E-state index is 0.519. The molecule has 0 heterocycles. The quantitative estimate of drug-likeness (QED) is 0.278. The number of hydrogen-bond acceptors (Lipinski definition) is 1. The smallest absolute Gasteiger partial charge is 0.418 e. The van der Waals surface area contributed by atoms with Gasteiger partial charge in [0.15, 0.2) is 5.96 Å². The largest absolute Gasteiger partial charge is 0.673 e. The van der Waals surface area contributed by atoms with Crippen LogP contribution in [0.2, 0.25) is 0 Å². The van der Waals surface area contributed by atoms with Gasteiger partial charge in [-0.05, 0) is 0 Å². The molecule has 0 amide bonds. The minimum Gasteiger partial charge on any atom is -0.418 e. The third-order valence-electron chi connectivity index (χ3n) is 0.847. The molecule has 0 rings (SSSR count). The van der Waals surface area contributed by atoms with Gasteiger partial charge in [0, 0.05) is 28.2 Å². The fourth-order valence-corrected chi connectivity index (χ4v) is 0.400. The van der Waals surface area contributed by atoms with Crippen molar-refractivity contribution in [2.24, 2.45) is 0 Å². The lowest BCUT2D eigenvalue weighted by molar-refractivity contribution is 0.368. The van der Waals surface area contributed by atoms with Gasteiger partial charge < -0.3 is 27.1 Å². The van der Waals surface area contributed by atoms with E-state index in [4.69, 9.17) is 5.41 Å². The first kappa shape index (κ1) is 14.6. The van der Waals surface area contributed by atoms with E-state index < -0.39 is 7.25 Å². The van der Waals surface area contributed by atoms with Crippen molar-refractivity contribution in [3.05, 3.63) is 0 Å². The van der Waals surface area contributed by atoms with E-state index in [9.17, 15) is 17.3 Å². The standard InChI is InChI=1S/C5H13N3.BF4/c1-7(2)5(6)8(3)4;2-1(3,4)5/h6H,1-4H3;/q;-1. The molecule has 0 aliphatic carbocycles. The fraction of sp³-hybridized carbons (Fsp3) is 0.800. The van der Waals surface area contributed by atoms with Crippen LogP contribution in [0.15, 0.2) is 0 Å². The highest BCUT2D eigenvalue weighted by Crippen LogP contribution is 2.06. The van der Waals surface area contributed by atoms with E-state index in [0.29, 0.717) is 5.96 Å². The number of nitrogens with one attached hydrogen (secondary N) is 1. The molecular formula is C5H13BF4N3-. The monoisotopic (exact) mass is 202 g/mol. The van der Waals surface area contributed by atoms with Gasteiger partial charge in [0.25, 0.3) is 0 Å². The van der Waals surface area contributed by atoms with Crippen molar-refractivity contribution in [3.8, 4) is 0 Å². The lowest BCUT2D eigenvalue weighted by atomic mass is 10.3. The Bertz CT molecular complexity index is 140. The van der Waals surface area contributed by atoms with Crippen LogP contribution >= 0.6 is 0 Å². The first-order chi connectivity index (χ1) is 5.55. The van der Waals surface area contributed by atoms with Crippen molar-refractivity contribution in [1.29, 1.82) is 5.41 Å². The number of rotatable bonds is 0. The van der Waals surface area contributed by atoms with Gasteiger partial charge in [-0.25, -0.2) is 0 Å². The highest BCUT2D eigenvalue weighted by molar-refractivity contribution is 6.50. The van der Waals surface area contributed by atoms with Crippen LogP contribution in [0.1, 0.15) is 0 Å². The first-order valence-corrected chi connectivity index (χ1v) is 3.36. The van der Waals surface area contributed by atoms with Crippen molar-refractivity contribution >= 4 is 13.2 Å². The molecule has 0 aliphatic rings. The van der Waals surface area contributed by atoms with Crippen LogP contribution in [-0.2, 0) is 0 Å². The molecule has 80 valence electrons. The number of halogens is 4. The summed E-state index contributed by atoms with van der Waals surface area (Å²) in [6, 6.07) is 0. The number of hydrogen-bond donors (Lipinski definition) is 1. The molecule has 0 bridgehead atoms. The SMILES string of the molecule is CN(C)C(=N)N(C)C.F[B-](F)(F)F. The normalized spacial score (nSPS) is 9.85. The van der Waals surface area contributed by atoms with Gasteiger partial charge in [0.2, 0.25) is 0 Å². The maximum atomic E-state index is 9.75. The van der Waals surface area contributed by atoms with Gasteiger partial charge >= 0.3 is 7.25 Å². The van der Waals surface area contributed by atoms with Crippen molar-refractivity contribution < 1.29 is 17.3 Å². The van der Waals surface area contributed by atoms with Gasteiger partial charge in [-0.3, -0.25) is 5.41 Å². The molecule has 0 aromatic heterocycles. The molecule has 0 radical (unpaired) electrons. The Labute approximate surface area is 74.9 Å². The molecular weight excluding hydrogens is 189 g/mol. The second-order valence-corrected chi connectivity index (χ2v) is 2.61. The molecule has 1 N–H and O–H groups in total. The Balaban J connectivity index is 0. The van der Waals surface area contributed by atoms with Crippen molar-refractivity contribution in [2.45, 2.75) is 0 Å². The molecule has 3 nitrogen and oxygen atoms in total. The van der Waals surface area contributed by atoms with E-state index in [1.165, 1.54) is 0 Å². The van der Waals surface area contributed by atoms with Crippen LogP contribution in [0, 0.1) is 5.41 Å². The second-order valence-electron chi connectivity index (χ2n) is 2.61. The van der Waals surface area contributed by atoms with E-state index in [2.05, 4.69) is 0 Å². The zero-order valence-corrected chi connectivity index (χ0v) is 7.98. The van der Waals surface area contributed by atoms with Gasteiger partial charge in [-0.2, -0.15) is 0 Å². The summed E-state index contributed by atoms with van der Waals surface area (Å²) in [6.07, 6.45) is 0. The average molecular weight is 202 g/mol. The van der Waals surface area contributed by atoms with Gasteiger partial charge in [-0.15, -0.1) is 0 Å². The molecule has 0 saturated heterocycles. The Morgan fingerprint density at radius 1 is 0.923 bits per heavy atom. The Morgan fingerprint density at radius 2 is 1.08 bits per heavy atom. The van der Waals surface area contributed by atoms with Crippen LogP contribution < -0.4 is 0 Å². The lowest BCUT2D eigenvalue weighted by Crippen LogP contribution is -2.34. The maximum absolute atomic E-state index is 9.75.